The fourth-order valence-corrected chi connectivity index (χ4v) is 2.70. The predicted molar refractivity (Wildman–Crippen MR) is 74.8 cm³/mol. The first-order valence-corrected chi connectivity index (χ1v) is 6.42. The molecule has 2 rings (SSSR count). The van der Waals surface area contributed by atoms with Crippen LogP contribution in [0.15, 0.2) is 18.2 Å². The van der Waals surface area contributed by atoms with E-state index in [-0.39, 0.29) is 0 Å². The standard InChI is InChI=1S/C13H20ClN3/c1-16(2)9-11-4-3-7-17(11)13-8-10(14)5-6-12(13)15/h5-6,8,11H,3-4,7,9,15H2,1-2H3. The van der Waals surface area contributed by atoms with Gasteiger partial charge in [0.1, 0.15) is 0 Å². The van der Waals surface area contributed by atoms with E-state index in [1.165, 1.54) is 12.8 Å². The smallest absolute Gasteiger partial charge is 0.0617 e. The summed E-state index contributed by atoms with van der Waals surface area (Å²) in [5, 5.41) is 0.754. The topological polar surface area (TPSA) is 32.5 Å². The van der Waals surface area contributed by atoms with Gasteiger partial charge in [0.05, 0.1) is 11.4 Å². The summed E-state index contributed by atoms with van der Waals surface area (Å²) in [6.07, 6.45) is 2.45. The van der Waals surface area contributed by atoms with Gasteiger partial charge < -0.3 is 15.5 Å². The third-order valence-electron chi connectivity index (χ3n) is 3.25. The number of nitrogens with two attached hydrogens (primary N) is 1. The van der Waals surface area contributed by atoms with Crippen molar-refractivity contribution in [2.24, 2.45) is 0 Å². The summed E-state index contributed by atoms with van der Waals surface area (Å²) < 4.78 is 0. The van der Waals surface area contributed by atoms with Crippen LogP contribution in [0.25, 0.3) is 0 Å². The lowest BCUT2D eigenvalue weighted by Gasteiger charge is -2.30. The van der Waals surface area contributed by atoms with Gasteiger partial charge in [-0.25, -0.2) is 0 Å². The van der Waals surface area contributed by atoms with E-state index >= 15 is 0 Å². The number of likely N-dealkylation sites (N-methyl/N-ethyl adjacent to an activating group) is 1. The Balaban J connectivity index is 2.22. The van der Waals surface area contributed by atoms with Crippen molar-refractivity contribution in [2.75, 3.05) is 37.8 Å². The number of nitrogens with zero attached hydrogens (tertiary/aromatic N) is 2. The average molecular weight is 254 g/mol. The third-order valence-corrected chi connectivity index (χ3v) is 3.49. The molecule has 1 heterocycles. The summed E-state index contributed by atoms with van der Waals surface area (Å²) in [7, 11) is 4.22. The summed E-state index contributed by atoms with van der Waals surface area (Å²) in [6.45, 7) is 2.13. The van der Waals surface area contributed by atoms with E-state index in [0.717, 1.165) is 29.5 Å². The van der Waals surface area contributed by atoms with Gasteiger partial charge in [-0.2, -0.15) is 0 Å². The van der Waals surface area contributed by atoms with E-state index in [0.29, 0.717) is 6.04 Å². The van der Waals surface area contributed by atoms with E-state index in [9.17, 15) is 0 Å². The Labute approximate surface area is 108 Å². The molecular formula is C13H20ClN3. The second kappa shape index (κ2) is 5.15. The molecule has 1 atom stereocenters. The maximum Gasteiger partial charge on any atom is 0.0617 e. The van der Waals surface area contributed by atoms with Crippen molar-refractivity contribution in [1.29, 1.82) is 0 Å². The molecule has 0 amide bonds. The summed E-state index contributed by atoms with van der Waals surface area (Å²) in [5.41, 5.74) is 7.95. The number of hydrogen-bond acceptors (Lipinski definition) is 3. The SMILES string of the molecule is CN(C)CC1CCCN1c1cc(Cl)ccc1N. The molecule has 0 radical (unpaired) electrons. The zero-order valence-corrected chi connectivity index (χ0v) is 11.2. The normalized spacial score (nSPS) is 20.2. The summed E-state index contributed by atoms with van der Waals surface area (Å²) in [4.78, 5) is 4.62. The highest BCUT2D eigenvalue weighted by atomic mass is 35.5. The van der Waals surface area contributed by atoms with Crippen LogP contribution in [0.5, 0.6) is 0 Å². The minimum atomic E-state index is 0.547. The molecule has 0 bridgehead atoms. The number of nitrogen functional groups attached to an aromatic ring is 1. The number of anilines is 2. The zero-order chi connectivity index (χ0) is 12.4. The molecule has 1 aromatic carbocycles. The monoisotopic (exact) mass is 253 g/mol. The van der Waals surface area contributed by atoms with Crippen LogP contribution in [0.4, 0.5) is 11.4 Å². The zero-order valence-electron chi connectivity index (χ0n) is 10.5. The Morgan fingerprint density at radius 3 is 2.94 bits per heavy atom. The molecule has 1 aliphatic heterocycles. The van der Waals surface area contributed by atoms with Crippen molar-refractivity contribution in [1.82, 2.24) is 4.90 Å². The fourth-order valence-electron chi connectivity index (χ4n) is 2.53. The first-order chi connectivity index (χ1) is 8.08. The third kappa shape index (κ3) is 2.85. The Kier molecular flexibility index (Phi) is 3.79. The van der Waals surface area contributed by atoms with Crippen LogP contribution in [0.3, 0.4) is 0 Å². The average Bonchev–Trinajstić information content (AvgIpc) is 2.69. The van der Waals surface area contributed by atoms with Gasteiger partial charge in [0.2, 0.25) is 0 Å². The van der Waals surface area contributed by atoms with Crippen LogP contribution in [0.1, 0.15) is 12.8 Å². The van der Waals surface area contributed by atoms with Crippen molar-refractivity contribution in [3.8, 4) is 0 Å². The molecule has 94 valence electrons. The first kappa shape index (κ1) is 12.5. The minimum absolute atomic E-state index is 0.547. The maximum atomic E-state index is 6.06. The van der Waals surface area contributed by atoms with Crippen molar-refractivity contribution in [3.05, 3.63) is 23.2 Å². The molecule has 1 unspecified atom stereocenters. The van der Waals surface area contributed by atoms with Gasteiger partial charge in [-0.1, -0.05) is 11.6 Å². The molecule has 0 spiro atoms. The molecule has 2 N–H and O–H groups in total. The van der Waals surface area contributed by atoms with Crippen LogP contribution in [-0.2, 0) is 0 Å². The molecule has 0 aromatic heterocycles. The van der Waals surface area contributed by atoms with E-state index in [4.69, 9.17) is 17.3 Å². The highest BCUT2D eigenvalue weighted by Crippen LogP contribution is 2.32. The molecule has 0 saturated carbocycles. The Hall–Kier alpha value is -0.930. The van der Waals surface area contributed by atoms with Crippen LogP contribution in [0.2, 0.25) is 5.02 Å². The number of halogens is 1. The number of benzene rings is 1. The molecule has 1 aliphatic rings. The molecule has 0 aliphatic carbocycles. The van der Waals surface area contributed by atoms with Gasteiger partial charge in [0, 0.05) is 24.2 Å². The van der Waals surface area contributed by atoms with E-state index in [2.05, 4.69) is 23.9 Å². The van der Waals surface area contributed by atoms with Gasteiger partial charge in [-0.15, -0.1) is 0 Å². The van der Waals surface area contributed by atoms with Crippen molar-refractivity contribution in [3.63, 3.8) is 0 Å². The Bertz CT molecular complexity index is 392. The second-order valence-electron chi connectivity index (χ2n) is 4.95. The van der Waals surface area contributed by atoms with Gasteiger partial charge in [0.15, 0.2) is 0 Å². The van der Waals surface area contributed by atoms with Crippen molar-refractivity contribution < 1.29 is 0 Å². The first-order valence-electron chi connectivity index (χ1n) is 6.04. The van der Waals surface area contributed by atoms with Crippen LogP contribution in [-0.4, -0.2) is 38.1 Å². The van der Waals surface area contributed by atoms with Crippen LogP contribution in [0, 0.1) is 0 Å². The van der Waals surface area contributed by atoms with Gasteiger partial charge in [-0.3, -0.25) is 0 Å². The van der Waals surface area contributed by atoms with E-state index < -0.39 is 0 Å². The van der Waals surface area contributed by atoms with Gasteiger partial charge in [-0.05, 0) is 45.1 Å². The molecular weight excluding hydrogens is 234 g/mol. The summed E-state index contributed by atoms with van der Waals surface area (Å²) in [6, 6.07) is 6.26. The fraction of sp³-hybridized carbons (Fsp3) is 0.538. The highest BCUT2D eigenvalue weighted by Gasteiger charge is 2.26. The minimum Gasteiger partial charge on any atom is -0.397 e. The Morgan fingerprint density at radius 1 is 1.47 bits per heavy atom. The predicted octanol–water partition coefficient (Wildman–Crippen LogP) is 2.45. The molecule has 17 heavy (non-hydrogen) atoms. The van der Waals surface area contributed by atoms with E-state index in [1.54, 1.807) is 0 Å². The van der Waals surface area contributed by atoms with Crippen LogP contribution < -0.4 is 10.6 Å². The molecule has 1 aromatic rings. The summed E-state index contributed by atoms with van der Waals surface area (Å²) >= 11 is 6.06. The molecule has 1 fully saturated rings. The van der Waals surface area contributed by atoms with Crippen LogP contribution >= 0.6 is 11.6 Å². The highest BCUT2D eigenvalue weighted by molar-refractivity contribution is 6.31. The lowest BCUT2D eigenvalue weighted by molar-refractivity contribution is 0.372. The van der Waals surface area contributed by atoms with Gasteiger partial charge >= 0.3 is 0 Å². The molecule has 4 heteroatoms. The van der Waals surface area contributed by atoms with Gasteiger partial charge in [0.25, 0.3) is 0 Å². The molecule has 3 nitrogen and oxygen atoms in total. The molecule has 1 saturated heterocycles. The quantitative estimate of drug-likeness (QED) is 0.840. The Morgan fingerprint density at radius 2 is 2.24 bits per heavy atom. The van der Waals surface area contributed by atoms with Crippen molar-refractivity contribution in [2.45, 2.75) is 18.9 Å². The summed E-state index contributed by atoms with van der Waals surface area (Å²) in [5.74, 6) is 0. The largest absolute Gasteiger partial charge is 0.397 e. The lowest BCUT2D eigenvalue weighted by Crippen LogP contribution is -2.37. The second-order valence-corrected chi connectivity index (χ2v) is 5.39. The van der Waals surface area contributed by atoms with E-state index in [1.807, 2.05) is 18.2 Å². The lowest BCUT2D eigenvalue weighted by atomic mass is 10.2. The maximum absolute atomic E-state index is 6.06. The number of rotatable bonds is 3. The van der Waals surface area contributed by atoms with Crippen molar-refractivity contribution >= 4 is 23.0 Å². The number of hydrogen-bond donors (Lipinski definition) is 1.